The summed E-state index contributed by atoms with van der Waals surface area (Å²) in [5.74, 6) is 1.04. The Morgan fingerprint density at radius 1 is 1.35 bits per heavy atom. The molecular formula is C12H10BrClN2O. The molecule has 0 saturated carbocycles. The highest BCUT2D eigenvalue weighted by Gasteiger charge is 2.07. The molecule has 0 aliphatic heterocycles. The number of halogens is 2. The molecule has 0 aliphatic carbocycles. The van der Waals surface area contributed by atoms with Crippen LogP contribution in [0.5, 0.6) is 11.6 Å². The van der Waals surface area contributed by atoms with E-state index in [0.29, 0.717) is 23.2 Å². The van der Waals surface area contributed by atoms with Crippen LogP contribution in [-0.4, -0.2) is 4.98 Å². The largest absolute Gasteiger partial charge is 0.437 e. The minimum absolute atomic E-state index is 0.381. The first-order chi connectivity index (χ1) is 8.20. The highest BCUT2D eigenvalue weighted by Crippen LogP contribution is 2.30. The second-order valence-electron chi connectivity index (χ2n) is 3.35. The Kier molecular flexibility index (Phi) is 3.99. The molecule has 1 aromatic carbocycles. The van der Waals surface area contributed by atoms with Crippen molar-refractivity contribution in [3.8, 4) is 11.6 Å². The van der Waals surface area contributed by atoms with Crippen molar-refractivity contribution in [3.05, 3.63) is 51.6 Å². The van der Waals surface area contributed by atoms with Gasteiger partial charge in [-0.2, -0.15) is 0 Å². The lowest BCUT2D eigenvalue weighted by molar-refractivity contribution is 0.457. The summed E-state index contributed by atoms with van der Waals surface area (Å²) in [5, 5.41) is 0.471. The highest BCUT2D eigenvalue weighted by molar-refractivity contribution is 9.10. The molecule has 17 heavy (non-hydrogen) atoms. The van der Waals surface area contributed by atoms with E-state index in [9.17, 15) is 0 Å². The van der Waals surface area contributed by atoms with Gasteiger partial charge in [0.05, 0.1) is 0 Å². The molecule has 0 amide bonds. The third-order valence-corrected chi connectivity index (χ3v) is 2.95. The fourth-order valence-corrected chi connectivity index (χ4v) is 1.93. The molecule has 1 aromatic heterocycles. The van der Waals surface area contributed by atoms with E-state index in [2.05, 4.69) is 20.9 Å². The van der Waals surface area contributed by atoms with Crippen molar-refractivity contribution in [2.75, 3.05) is 0 Å². The maximum Gasteiger partial charge on any atom is 0.238 e. The van der Waals surface area contributed by atoms with E-state index in [4.69, 9.17) is 22.1 Å². The van der Waals surface area contributed by atoms with Crippen LogP contribution in [0.4, 0.5) is 0 Å². The van der Waals surface area contributed by atoms with Crippen LogP contribution in [0.2, 0.25) is 5.02 Å². The predicted molar refractivity (Wildman–Crippen MR) is 71.4 cm³/mol. The van der Waals surface area contributed by atoms with Gasteiger partial charge in [0.15, 0.2) is 0 Å². The second kappa shape index (κ2) is 5.49. The Morgan fingerprint density at radius 2 is 2.18 bits per heavy atom. The van der Waals surface area contributed by atoms with Gasteiger partial charge >= 0.3 is 0 Å². The molecule has 0 bridgehead atoms. The summed E-state index contributed by atoms with van der Waals surface area (Å²) in [7, 11) is 0. The van der Waals surface area contributed by atoms with E-state index in [1.807, 2.05) is 18.2 Å². The Labute approximate surface area is 113 Å². The van der Waals surface area contributed by atoms with E-state index >= 15 is 0 Å². The van der Waals surface area contributed by atoms with Gasteiger partial charge in [0.2, 0.25) is 5.88 Å². The summed E-state index contributed by atoms with van der Waals surface area (Å²) >= 11 is 9.36. The molecule has 0 fully saturated rings. The Bertz CT molecular complexity index is 534. The zero-order chi connectivity index (χ0) is 12.3. The second-order valence-corrected chi connectivity index (χ2v) is 4.67. The smallest absolute Gasteiger partial charge is 0.238 e. The van der Waals surface area contributed by atoms with Crippen LogP contribution in [0.15, 0.2) is 41.0 Å². The van der Waals surface area contributed by atoms with Gasteiger partial charge in [-0.15, -0.1) is 0 Å². The van der Waals surface area contributed by atoms with Crippen molar-refractivity contribution >= 4 is 27.5 Å². The molecule has 0 saturated heterocycles. The van der Waals surface area contributed by atoms with E-state index in [1.165, 1.54) is 0 Å². The third kappa shape index (κ3) is 2.97. The van der Waals surface area contributed by atoms with Crippen molar-refractivity contribution in [1.82, 2.24) is 4.98 Å². The van der Waals surface area contributed by atoms with Gasteiger partial charge in [-0.3, -0.25) is 0 Å². The molecule has 0 spiro atoms. The van der Waals surface area contributed by atoms with Crippen LogP contribution in [0.1, 0.15) is 5.56 Å². The first kappa shape index (κ1) is 12.4. The minimum Gasteiger partial charge on any atom is -0.437 e. The molecule has 1 heterocycles. The lowest BCUT2D eigenvalue weighted by Gasteiger charge is -2.10. The quantitative estimate of drug-likeness (QED) is 0.939. The lowest BCUT2D eigenvalue weighted by Crippen LogP contribution is -2.00. The number of nitrogens with two attached hydrogens (primary N) is 1. The van der Waals surface area contributed by atoms with E-state index < -0.39 is 0 Å². The molecule has 3 nitrogen and oxygen atoms in total. The SMILES string of the molecule is NCc1cc(Br)ccc1Oc1ncccc1Cl. The Morgan fingerprint density at radius 3 is 2.88 bits per heavy atom. The fourth-order valence-electron chi connectivity index (χ4n) is 1.36. The summed E-state index contributed by atoms with van der Waals surface area (Å²) in [4.78, 5) is 4.06. The van der Waals surface area contributed by atoms with E-state index in [1.54, 1.807) is 18.3 Å². The molecule has 2 N–H and O–H groups in total. The standard InChI is InChI=1S/C12H10BrClN2O/c13-9-3-4-11(8(6-9)7-15)17-12-10(14)2-1-5-16-12/h1-6H,7,15H2. The van der Waals surface area contributed by atoms with Crippen molar-refractivity contribution in [2.24, 2.45) is 5.73 Å². The van der Waals surface area contributed by atoms with Gasteiger partial charge in [-0.25, -0.2) is 4.98 Å². The number of aromatic nitrogens is 1. The molecule has 0 aliphatic rings. The number of pyridine rings is 1. The Hall–Kier alpha value is -1.10. The molecule has 0 unspecified atom stereocenters. The average molecular weight is 314 g/mol. The molecule has 0 radical (unpaired) electrons. The number of hydrogen-bond acceptors (Lipinski definition) is 3. The number of nitrogens with zero attached hydrogens (tertiary/aromatic N) is 1. The summed E-state index contributed by atoms with van der Waals surface area (Å²) in [5.41, 5.74) is 6.55. The number of ether oxygens (including phenoxy) is 1. The topological polar surface area (TPSA) is 48.1 Å². The number of rotatable bonds is 3. The monoisotopic (exact) mass is 312 g/mol. The van der Waals surface area contributed by atoms with Gasteiger partial charge in [0.1, 0.15) is 10.8 Å². The normalized spacial score (nSPS) is 10.3. The number of benzene rings is 1. The van der Waals surface area contributed by atoms with Crippen LogP contribution in [0.25, 0.3) is 0 Å². The van der Waals surface area contributed by atoms with Crippen molar-refractivity contribution in [3.63, 3.8) is 0 Å². The molecule has 0 atom stereocenters. The zero-order valence-corrected chi connectivity index (χ0v) is 11.2. The molecule has 88 valence electrons. The van der Waals surface area contributed by atoms with Gasteiger partial charge in [0, 0.05) is 22.8 Å². The summed E-state index contributed by atoms with van der Waals surface area (Å²) < 4.78 is 6.60. The number of hydrogen-bond donors (Lipinski definition) is 1. The van der Waals surface area contributed by atoms with Gasteiger partial charge in [0.25, 0.3) is 0 Å². The average Bonchev–Trinajstić information content (AvgIpc) is 2.34. The highest BCUT2D eigenvalue weighted by atomic mass is 79.9. The van der Waals surface area contributed by atoms with Crippen molar-refractivity contribution < 1.29 is 4.74 Å². The van der Waals surface area contributed by atoms with Gasteiger partial charge < -0.3 is 10.5 Å². The van der Waals surface area contributed by atoms with E-state index in [-0.39, 0.29) is 0 Å². The summed E-state index contributed by atoms with van der Waals surface area (Å²) in [6, 6.07) is 9.10. The minimum atomic E-state index is 0.381. The van der Waals surface area contributed by atoms with Crippen LogP contribution in [0, 0.1) is 0 Å². The molecular weight excluding hydrogens is 304 g/mol. The maximum atomic E-state index is 5.97. The van der Waals surface area contributed by atoms with Gasteiger partial charge in [-0.1, -0.05) is 27.5 Å². The predicted octanol–water partition coefficient (Wildman–Crippen LogP) is 3.75. The Balaban J connectivity index is 2.33. The van der Waals surface area contributed by atoms with E-state index in [0.717, 1.165) is 10.0 Å². The van der Waals surface area contributed by atoms with Crippen LogP contribution < -0.4 is 10.5 Å². The van der Waals surface area contributed by atoms with Gasteiger partial charge in [-0.05, 0) is 30.3 Å². The lowest BCUT2D eigenvalue weighted by atomic mass is 10.2. The summed E-state index contributed by atoms with van der Waals surface area (Å²) in [6.45, 7) is 0.388. The zero-order valence-electron chi connectivity index (χ0n) is 8.86. The molecule has 2 rings (SSSR count). The van der Waals surface area contributed by atoms with Crippen LogP contribution in [0.3, 0.4) is 0 Å². The third-order valence-electron chi connectivity index (χ3n) is 2.17. The molecule has 2 aromatic rings. The van der Waals surface area contributed by atoms with Crippen molar-refractivity contribution in [2.45, 2.75) is 6.54 Å². The summed E-state index contributed by atoms with van der Waals surface area (Å²) in [6.07, 6.45) is 1.63. The van der Waals surface area contributed by atoms with Crippen molar-refractivity contribution in [1.29, 1.82) is 0 Å². The van der Waals surface area contributed by atoms with Crippen LogP contribution in [-0.2, 0) is 6.54 Å². The maximum absolute atomic E-state index is 5.97. The fraction of sp³-hybridized carbons (Fsp3) is 0.0833. The first-order valence-electron chi connectivity index (χ1n) is 4.97. The van der Waals surface area contributed by atoms with Crippen LogP contribution >= 0.6 is 27.5 Å². The first-order valence-corrected chi connectivity index (χ1v) is 6.14. The molecule has 5 heteroatoms.